The summed E-state index contributed by atoms with van der Waals surface area (Å²) in [6.45, 7) is 10.9. The number of amides is 2. The molecule has 0 unspecified atom stereocenters. The molecule has 1 aromatic rings. The first kappa shape index (κ1) is 37.2. The van der Waals surface area contributed by atoms with Crippen LogP contribution in [0.25, 0.3) is 0 Å². The molecule has 2 aliphatic carbocycles. The Bertz CT molecular complexity index is 1190. The van der Waals surface area contributed by atoms with Gasteiger partial charge in [0, 0.05) is 30.6 Å². The molecule has 2 amide bonds. The lowest BCUT2D eigenvalue weighted by molar-refractivity contribution is -0.148. The van der Waals surface area contributed by atoms with E-state index < -0.39 is 24.2 Å². The van der Waals surface area contributed by atoms with Crippen LogP contribution >= 0.6 is 22.6 Å². The van der Waals surface area contributed by atoms with E-state index in [1.807, 2.05) is 22.6 Å². The standard InChI is InChI=1S/C34H51IN2O8/c1-20(2)9-11-37(31(40)19-44-28-13-22(5)7-8-25(28)21(3)4)27-16-24(34(42)36-10-12-38)17-29(32(27)41)45-33-26(35)14-23(18-39)15-30(33)43-6/h14-15,17-18,20-22,25,27-29,32,38,41H,7-13,16,19H2,1-6H3,(H,36,42)/t22-,25+,27+,28-,29-,32-/m0/s1. The van der Waals surface area contributed by atoms with Crippen molar-refractivity contribution in [2.45, 2.75) is 91.1 Å². The first-order valence-electron chi connectivity index (χ1n) is 16.1. The van der Waals surface area contributed by atoms with Crippen molar-refractivity contribution in [3.8, 4) is 11.5 Å². The molecule has 1 fully saturated rings. The third-order valence-electron chi connectivity index (χ3n) is 8.91. The van der Waals surface area contributed by atoms with Crippen LogP contribution in [0.5, 0.6) is 11.5 Å². The molecule has 45 heavy (non-hydrogen) atoms. The number of hydrogen-bond acceptors (Lipinski definition) is 8. The number of aliphatic hydroxyl groups is 2. The molecule has 0 heterocycles. The molecule has 0 bridgehead atoms. The van der Waals surface area contributed by atoms with Crippen molar-refractivity contribution >= 4 is 40.7 Å². The minimum atomic E-state index is -1.18. The van der Waals surface area contributed by atoms with Gasteiger partial charge in [0.05, 0.1) is 29.4 Å². The summed E-state index contributed by atoms with van der Waals surface area (Å²) in [6, 6.07) is 2.42. The number of nitrogens with zero attached hydrogens (tertiary/aromatic N) is 1. The van der Waals surface area contributed by atoms with Crippen molar-refractivity contribution in [3.05, 3.63) is 32.9 Å². The molecule has 1 saturated carbocycles. The number of carbonyl (C=O) groups is 3. The predicted octanol–water partition coefficient (Wildman–Crippen LogP) is 4.38. The summed E-state index contributed by atoms with van der Waals surface area (Å²) in [5.41, 5.74) is 0.745. The number of carbonyl (C=O) groups excluding carboxylic acids is 3. The minimum Gasteiger partial charge on any atom is -0.493 e. The van der Waals surface area contributed by atoms with Gasteiger partial charge in [-0.05, 0) is 83.7 Å². The Morgan fingerprint density at radius 1 is 1.20 bits per heavy atom. The summed E-state index contributed by atoms with van der Waals surface area (Å²) >= 11 is 2.03. The second kappa shape index (κ2) is 17.6. The first-order valence-corrected chi connectivity index (χ1v) is 17.2. The van der Waals surface area contributed by atoms with Crippen LogP contribution in [-0.4, -0.2) is 91.0 Å². The zero-order valence-corrected chi connectivity index (χ0v) is 29.6. The van der Waals surface area contributed by atoms with E-state index in [0.717, 1.165) is 19.3 Å². The van der Waals surface area contributed by atoms with E-state index in [-0.39, 0.29) is 38.2 Å². The van der Waals surface area contributed by atoms with Crippen LogP contribution in [-0.2, 0) is 14.3 Å². The van der Waals surface area contributed by atoms with Crippen molar-refractivity contribution in [1.29, 1.82) is 0 Å². The highest BCUT2D eigenvalue weighted by atomic mass is 127. The Labute approximate surface area is 281 Å². The molecule has 10 nitrogen and oxygen atoms in total. The molecule has 252 valence electrons. The number of hydrogen-bond donors (Lipinski definition) is 3. The van der Waals surface area contributed by atoms with Gasteiger partial charge in [-0.15, -0.1) is 0 Å². The normalized spacial score (nSPS) is 25.1. The van der Waals surface area contributed by atoms with Crippen LogP contribution in [0.4, 0.5) is 0 Å². The molecule has 0 spiro atoms. The number of halogens is 1. The highest BCUT2D eigenvalue weighted by Crippen LogP contribution is 2.38. The van der Waals surface area contributed by atoms with Crippen molar-refractivity contribution in [2.75, 3.05) is 33.4 Å². The second-order valence-electron chi connectivity index (χ2n) is 13.1. The molecule has 0 saturated heterocycles. The number of aldehydes is 1. The molecule has 1 aromatic carbocycles. The van der Waals surface area contributed by atoms with Gasteiger partial charge >= 0.3 is 0 Å². The van der Waals surface area contributed by atoms with Crippen molar-refractivity contribution in [2.24, 2.45) is 23.7 Å². The Morgan fingerprint density at radius 2 is 1.93 bits per heavy atom. The number of aliphatic hydroxyl groups excluding tert-OH is 2. The van der Waals surface area contributed by atoms with Gasteiger partial charge in [0.2, 0.25) is 11.8 Å². The van der Waals surface area contributed by atoms with Gasteiger partial charge in [0.1, 0.15) is 25.1 Å². The monoisotopic (exact) mass is 742 g/mol. The molecule has 6 atom stereocenters. The maximum Gasteiger partial charge on any atom is 0.248 e. The molecule has 3 rings (SSSR count). The largest absolute Gasteiger partial charge is 0.493 e. The highest BCUT2D eigenvalue weighted by Gasteiger charge is 2.41. The molecule has 0 aliphatic heterocycles. The van der Waals surface area contributed by atoms with E-state index in [1.165, 1.54) is 7.11 Å². The summed E-state index contributed by atoms with van der Waals surface area (Å²) in [5, 5.41) is 23.8. The third-order valence-corrected chi connectivity index (χ3v) is 9.71. The number of benzene rings is 1. The third kappa shape index (κ3) is 10.1. The van der Waals surface area contributed by atoms with Gasteiger partial charge in [0.15, 0.2) is 11.5 Å². The minimum absolute atomic E-state index is 0.0133. The average Bonchev–Trinajstić information content (AvgIpc) is 3.00. The van der Waals surface area contributed by atoms with Crippen LogP contribution in [0.3, 0.4) is 0 Å². The maximum atomic E-state index is 14.0. The summed E-state index contributed by atoms with van der Waals surface area (Å²) in [7, 11) is 1.46. The topological polar surface area (TPSA) is 135 Å². The summed E-state index contributed by atoms with van der Waals surface area (Å²) < 4.78 is 18.8. The number of ether oxygens (including phenoxy) is 3. The van der Waals surface area contributed by atoms with Crippen LogP contribution in [0.2, 0.25) is 0 Å². The fraction of sp³-hybridized carbons (Fsp3) is 0.676. The Morgan fingerprint density at radius 3 is 2.56 bits per heavy atom. The van der Waals surface area contributed by atoms with Gasteiger partial charge in [-0.1, -0.05) is 41.0 Å². The summed E-state index contributed by atoms with van der Waals surface area (Å²) in [4.78, 5) is 40.3. The van der Waals surface area contributed by atoms with Gasteiger partial charge in [0.25, 0.3) is 0 Å². The van der Waals surface area contributed by atoms with Gasteiger partial charge in [-0.3, -0.25) is 14.4 Å². The summed E-state index contributed by atoms with van der Waals surface area (Å²) in [6.07, 6.45) is 4.01. The molecule has 2 aliphatic rings. The molecule has 11 heteroatoms. The Kier molecular flexibility index (Phi) is 14.6. The quantitative estimate of drug-likeness (QED) is 0.178. The number of nitrogens with one attached hydrogen (secondary N) is 1. The van der Waals surface area contributed by atoms with E-state index in [9.17, 15) is 24.6 Å². The molecule has 0 radical (unpaired) electrons. The lowest BCUT2D eigenvalue weighted by Crippen LogP contribution is -2.56. The fourth-order valence-electron chi connectivity index (χ4n) is 6.28. The molecule has 3 N–H and O–H groups in total. The van der Waals surface area contributed by atoms with E-state index in [2.05, 4.69) is 39.9 Å². The predicted molar refractivity (Wildman–Crippen MR) is 180 cm³/mol. The Balaban J connectivity index is 1.94. The number of methoxy groups -OCH3 is 1. The van der Waals surface area contributed by atoms with Crippen LogP contribution in [0.15, 0.2) is 23.8 Å². The fourth-order valence-corrected chi connectivity index (χ4v) is 7.03. The Hall–Kier alpha value is -2.22. The summed E-state index contributed by atoms with van der Waals surface area (Å²) in [5.74, 6) is 1.62. The lowest BCUT2D eigenvalue weighted by atomic mass is 9.75. The maximum absolute atomic E-state index is 14.0. The molecular weight excluding hydrogens is 691 g/mol. The second-order valence-corrected chi connectivity index (χ2v) is 14.3. The van der Waals surface area contributed by atoms with Crippen LogP contribution in [0.1, 0.15) is 77.1 Å². The van der Waals surface area contributed by atoms with E-state index >= 15 is 0 Å². The molecule has 0 aromatic heterocycles. The SMILES string of the molecule is COc1cc(C=O)cc(I)c1O[C@H]1C=C(C(=O)NCCO)C[C@@H](N(CCC(C)C)C(=O)CO[C@H]2C[C@@H](C)CC[C@@H]2C(C)C)[C@@H]1O. The highest BCUT2D eigenvalue weighted by molar-refractivity contribution is 14.1. The van der Waals surface area contributed by atoms with Crippen molar-refractivity contribution < 1.29 is 38.8 Å². The van der Waals surface area contributed by atoms with Crippen molar-refractivity contribution in [1.82, 2.24) is 10.2 Å². The van der Waals surface area contributed by atoms with E-state index in [0.29, 0.717) is 69.1 Å². The average molecular weight is 743 g/mol. The molecular formula is C34H51IN2O8. The lowest BCUT2D eigenvalue weighted by Gasteiger charge is -2.41. The van der Waals surface area contributed by atoms with Crippen LogP contribution < -0.4 is 14.8 Å². The first-order chi connectivity index (χ1) is 21.4. The smallest absolute Gasteiger partial charge is 0.248 e. The van der Waals surface area contributed by atoms with Gasteiger partial charge in [-0.25, -0.2) is 0 Å². The zero-order chi connectivity index (χ0) is 33.3. The van der Waals surface area contributed by atoms with E-state index in [4.69, 9.17) is 14.2 Å². The van der Waals surface area contributed by atoms with Crippen molar-refractivity contribution in [3.63, 3.8) is 0 Å². The van der Waals surface area contributed by atoms with Gasteiger partial charge in [-0.2, -0.15) is 0 Å². The van der Waals surface area contributed by atoms with E-state index in [1.54, 1.807) is 23.1 Å². The number of rotatable bonds is 15. The zero-order valence-electron chi connectivity index (χ0n) is 27.5. The van der Waals surface area contributed by atoms with Gasteiger partial charge < -0.3 is 34.6 Å². The van der Waals surface area contributed by atoms with Crippen LogP contribution in [0, 0.1) is 27.2 Å².